The van der Waals surface area contributed by atoms with Crippen LogP contribution in [0.15, 0.2) is 24.3 Å². The molecule has 0 aromatic heterocycles. The Labute approximate surface area is 81.3 Å². The highest BCUT2D eigenvalue weighted by molar-refractivity contribution is 6.16. The lowest BCUT2D eigenvalue weighted by Gasteiger charge is -2.14. The molecule has 0 amide bonds. The molecule has 0 unspecified atom stereocenters. The maximum Gasteiger partial charge on any atom is 0.335 e. The first kappa shape index (κ1) is 8.81. The van der Waals surface area contributed by atoms with E-state index in [4.69, 9.17) is 5.11 Å². The van der Waals surface area contributed by atoms with Crippen LogP contribution in [0, 0.1) is 0 Å². The Kier molecular flexibility index (Phi) is 2.00. The summed E-state index contributed by atoms with van der Waals surface area (Å²) in [6, 6.07) is 4.87. The van der Waals surface area contributed by atoms with Crippen LogP contribution in [0.1, 0.15) is 17.5 Å². The van der Waals surface area contributed by atoms with Gasteiger partial charge in [-0.3, -0.25) is 0 Å². The molecule has 1 aromatic carbocycles. The molecule has 14 heavy (non-hydrogen) atoms. The number of carboxylic acids is 1. The number of aliphatic carboxylic acids is 1. The van der Waals surface area contributed by atoms with Crippen molar-refractivity contribution in [3.8, 4) is 5.75 Å². The van der Waals surface area contributed by atoms with E-state index in [0.717, 1.165) is 18.4 Å². The number of hydrogen-bond acceptors (Lipinski definition) is 2. The van der Waals surface area contributed by atoms with Crippen LogP contribution >= 0.6 is 0 Å². The van der Waals surface area contributed by atoms with Gasteiger partial charge in [0.15, 0.2) is 0 Å². The molecular weight excluding hydrogens is 180 g/mol. The van der Waals surface area contributed by atoms with Gasteiger partial charge in [-0.1, -0.05) is 12.1 Å². The minimum Gasteiger partial charge on any atom is -0.508 e. The van der Waals surface area contributed by atoms with Gasteiger partial charge in [-0.25, -0.2) is 4.79 Å². The standard InChI is InChI=1S/C11H10O3/c12-8-5-4-7-2-1-3-9(11(13)14)10(7)6-8/h3-6,12H,1-2H2,(H,13,14). The molecule has 1 aliphatic carbocycles. The van der Waals surface area contributed by atoms with Crippen molar-refractivity contribution in [3.05, 3.63) is 35.4 Å². The Morgan fingerprint density at radius 2 is 2.14 bits per heavy atom. The van der Waals surface area contributed by atoms with Gasteiger partial charge in [0.05, 0.1) is 5.57 Å². The fourth-order valence-electron chi connectivity index (χ4n) is 1.72. The van der Waals surface area contributed by atoms with E-state index < -0.39 is 5.97 Å². The van der Waals surface area contributed by atoms with E-state index in [-0.39, 0.29) is 5.75 Å². The average Bonchev–Trinajstić information content (AvgIpc) is 2.16. The van der Waals surface area contributed by atoms with Crippen molar-refractivity contribution < 1.29 is 15.0 Å². The minimum absolute atomic E-state index is 0.109. The number of carboxylic acid groups (broad SMARTS) is 1. The number of phenols is 1. The van der Waals surface area contributed by atoms with E-state index in [1.807, 2.05) is 0 Å². The lowest BCUT2D eigenvalue weighted by molar-refractivity contribution is -0.130. The van der Waals surface area contributed by atoms with E-state index in [2.05, 4.69) is 0 Å². The van der Waals surface area contributed by atoms with E-state index in [9.17, 15) is 9.90 Å². The Morgan fingerprint density at radius 3 is 2.86 bits per heavy atom. The lowest BCUT2D eigenvalue weighted by Crippen LogP contribution is -2.07. The maximum absolute atomic E-state index is 10.9. The van der Waals surface area contributed by atoms with Crippen LogP contribution in [0.3, 0.4) is 0 Å². The van der Waals surface area contributed by atoms with Crippen LogP contribution in [-0.2, 0) is 11.2 Å². The van der Waals surface area contributed by atoms with Gasteiger partial charge in [-0.2, -0.15) is 0 Å². The molecule has 72 valence electrons. The van der Waals surface area contributed by atoms with Crippen molar-refractivity contribution in [1.82, 2.24) is 0 Å². The number of aromatic hydroxyl groups is 1. The second-order valence-corrected chi connectivity index (χ2v) is 3.30. The van der Waals surface area contributed by atoms with Gasteiger partial charge in [-0.15, -0.1) is 0 Å². The van der Waals surface area contributed by atoms with Gasteiger partial charge in [-0.05, 0) is 36.1 Å². The smallest absolute Gasteiger partial charge is 0.335 e. The highest BCUT2D eigenvalue weighted by Gasteiger charge is 2.17. The fraction of sp³-hybridized carbons (Fsp3) is 0.182. The van der Waals surface area contributed by atoms with Crippen LogP contribution in [-0.4, -0.2) is 16.2 Å². The van der Waals surface area contributed by atoms with Crippen LogP contribution in [0.25, 0.3) is 5.57 Å². The number of hydrogen-bond donors (Lipinski definition) is 2. The maximum atomic E-state index is 10.9. The van der Waals surface area contributed by atoms with Gasteiger partial charge in [0.1, 0.15) is 5.75 Å². The number of rotatable bonds is 1. The predicted octanol–water partition coefficient (Wildman–Crippen LogP) is 1.81. The van der Waals surface area contributed by atoms with Crippen LogP contribution in [0.2, 0.25) is 0 Å². The number of benzene rings is 1. The van der Waals surface area contributed by atoms with Crippen molar-refractivity contribution >= 4 is 11.5 Å². The first-order valence-corrected chi connectivity index (χ1v) is 4.44. The fourth-order valence-corrected chi connectivity index (χ4v) is 1.72. The number of fused-ring (bicyclic) bond motifs is 1. The van der Waals surface area contributed by atoms with Crippen molar-refractivity contribution in [2.75, 3.05) is 0 Å². The van der Waals surface area contributed by atoms with Crippen LogP contribution in [0.5, 0.6) is 5.75 Å². The molecule has 2 N–H and O–H groups in total. The molecule has 0 heterocycles. The molecular formula is C11H10O3. The second kappa shape index (κ2) is 3.18. The molecule has 0 bridgehead atoms. The van der Waals surface area contributed by atoms with Gasteiger partial charge < -0.3 is 10.2 Å². The highest BCUT2D eigenvalue weighted by Crippen LogP contribution is 2.29. The largest absolute Gasteiger partial charge is 0.508 e. The molecule has 0 radical (unpaired) electrons. The Balaban J connectivity index is 2.56. The molecule has 0 atom stereocenters. The molecule has 3 heteroatoms. The third-order valence-corrected chi connectivity index (χ3v) is 2.38. The number of allylic oxidation sites excluding steroid dienone is 1. The van der Waals surface area contributed by atoms with E-state index in [0.29, 0.717) is 11.1 Å². The molecule has 0 spiro atoms. The predicted molar refractivity (Wildman–Crippen MR) is 52.0 cm³/mol. The summed E-state index contributed by atoms with van der Waals surface area (Å²) in [6.45, 7) is 0. The highest BCUT2D eigenvalue weighted by atomic mass is 16.4. The number of aryl methyl sites for hydroxylation is 1. The second-order valence-electron chi connectivity index (χ2n) is 3.30. The molecule has 0 saturated heterocycles. The van der Waals surface area contributed by atoms with E-state index in [1.165, 1.54) is 6.07 Å². The summed E-state index contributed by atoms with van der Waals surface area (Å²) < 4.78 is 0. The monoisotopic (exact) mass is 190 g/mol. The summed E-state index contributed by atoms with van der Waals surface area (Å²) in [5, 5.41) is 18.2. The minimum atomic E-state index is -0.934. The number of carbonyl (C=O) groups is 1. The Hall–Kier alpha value is -1.77. The quantitative estimate of drug-likeness (QED) is 0.710. The normalized spacial score (nSPS) is 14.4. The first-order chi connectivity index (χ1) is 6.68. The molecule has 1 aromatic rings. The van der Waals surface area contributed by atoms with Crippen molar-refractivity contribution in [2.24, 2.45) is 0 Å². The zero-order valence-electron chi connectivity index (χ0n) is 7.53. The van der Waals surface area contributed by atoms with Gasteiger partial charge in [0.2, 0.25) is 0 Å². The van der Waals surface area contributed by atoms with Gasteiger partial charge in [0.25, 0.3) is 0 Å². The van der Waals surface area contributed by atoms with Gasteiger partial charge in [0, 0.05) is 0 Å². The Morgan fingerprint density at radius 1 is 1.36 bits per heavy atom. The van der Waals surface area contributed by atoms with Crippen molar-refractivity contribution in [2.45, 2.75) is 12.8 Å². The van der Waals surface area contributed by atoms with E-state index >= 15 is 0 Å². The van der Waals surface area contributed by atoms with Crippen LogP contribution < -0.4 is 0 Å². The molecule has 2 rings (SSSR count). The number of phenolic OH excluding ortho intramolecular Hbond substituents is 1. The summed E-state index contributed by atoms with van der Waals surface area (Å²) in [7, 11) is 0. The third-order valence-electron chi connectivity index (χ3n) is 2.38. The SMILES string of the molecule is O=C(O)C1=CCCc2ccc(O)cc21. The van der Waals surface area contributed by atoms with Crippen LogP contribution in [0.4, 0.5) is 0 Å². The van der Waals surface area contributed by atoms with E-state index in [1.54, 1.807) is 18.2 Å². The Bertz CT molecular complexity index is 419. The zero-order chi connectivity index (χ0) is 10.1. The topological polar surface area (TPSA) is 57.5 Å². The molecule has 0 saturated carbocycles. The van der Waals surface area contributed by atoms with Crippen molar-refractivity contribution in [1.29, 1.82) is 0 Å². The summed E-state index contributed by atoms with van der Waals surface area (Å²) >= 11 is 0. The third kappa shape index (κ3) is 1.37. The molecule has 1 aliphatic rings. The summed E-state index contributed by atoms with van der Waals surface area (Å²) in [5.74, 6) is -0.825. The summed E-state index contributed by atoms with van der Waals surface area (Å²) in [6.07, 6.45) is 3.29. The molecule has 0 fully saturated rings. The molecule has 3 nitrogen and oxygen atoms in total. The van der Waals surface area contributed by atoms with Crippen molar-refractivity contribution in [3.63, 3.8) is 0 Å². The lowest BCUT2D eigenvalue weighted by atomic mass is 9.91. The summed E-state index contributed by atoms with van der Waals surface area (Å²) in [5.41, 5.74) is 1.92. The first-order valence-electron chi connectivity index (χ1n) is 4.44. The molecule has 0 aliphatic heterocycles. The zero-order valence-corrected chi connectivity index (χ0v) is 7.53. The van der Waals surface area contributed by atoms with Gasteiger partial charge >= 0.3 is 5.97 Å². The average molecular weight is 190 g/mol. The summed E-state index contributed by atoms with van der Waals surface area (Å²) in [4.78, 5) is 10.9.